The molecule has 1 fully saturated rings. The van der Waals surface area contributed by atoms with E-state index >= 15 is 0 Å². The summed E-state index contributed by atoms with van der Waals surface area (Å²) in [6.45, 7) is 4.20. The van der Waals surface area contributed by atoms with Crippen LogP contribution in [0.5, 0.6) is 5.75 Å². The van der Waals surface area contributed by atoms with E-state index in [4.69, 9.17) is 10.5 Å². The molecule has 0 aliphatic carbocycles. The molecule has 1 aromatic rings. The first kappa shape index (κ1) is 16.0. The number of primary amides is 1. The number of nitrogens with one attached hydrogen (secondary N) is 1. The molecule has 6 nitrogen and oxygen atoms in total. The van der Waals surface area contributed by atoms with E-state index in [9.17, 15) is 9.59 Å². The van der Waals surface area contributed by atoms with Crippen LogP contribution >= 0.6 is 0 Å². The summed E-state index contributed by atoms with van der Waals surface area (Å²) in [6.07, 6.45) is 3.35. The highest BCUT2D eigenvalue weighted by Crippen LogP contribution is 2.13. The van der Waals surface area contributed by atoms with Gasteiger partial charge in [0.15, 0.2) is 6.61 Å². The van der Waals surface area contributed by atoms with Crippen LogP contribution in [0.3, 0.4) is 0 Å². The third-order valence-corrected chi connectivity index (χ3v) is 3.36. The van der Waals surface area contributed by atoms with Gasteiger partial charge in [0, 0.05) is 31.8 Å². The largest absolute Gasteiger partial charge is 0.484 e. The summed E-state index contributed by atoms with van der Waals surface area (Å²) in [5.74, 6) is 0.0698. The van der Waals surface area contributed by atoms with Crippen molar-refractivity contribution in [2.45, 2.75) is 13.0 Å². The number of amides is 2. The van der Waals surface area contributed by atoms with E-state index in [-0.39, 0.29) is 12.5 Å². The maximum absolute atomic E-state index is 12.1. The smallest absolute Gasteiger partial charge is 0.255 e. The highest BCUT2D eigenvalue weighted by Gasteiger charge is 2.18. The van der Waals surface area contributed by atoms with Crippen molar-refractivity contribution in [2.24, 2.45) is 5.73 Å². The van der Waals surface area contributed by atoms with Crippen LogP contribution in [0.4, 0.5) is 0 Å². The number of carbonyl (C=O) groups excluding carboxylic acids is 2. The fourth-order valence-corrected chi connectivity index (χ4v) is 2.24. The van der Waals surface area contributed by atoms with Gasteiger partial charge in [0.2, 0.25) is 5.91 Å². The first-order valence-corrected chi connectivity index (χ1v) is 7.26. The normalized spacial score (nSPS) is 18.4. The molecule has 0 radical (unpaired) electrons. The Labute approximate surface area is 129 Å². The topological polar surface area (TPSA) is 84.7 Å². The fraction of sp³-hybridized carbons (Fsp3) is 0.375. The minimum absolute atomic E-state index is 0.0161. The van der Waals surface area contributed by atoms with Crippen LogP contribution in [-0.4, -0.2) is 49.0 Å². The highest BCUT2D eigenvalue weighted by molar-refractivity contribution is 5.91. The van der Waals surface area contributed by atoms with Gasteiger partial charge in [0.05, 0.1) is 0 Å². The first-order valence-electron chi connectivity index (χ1n) is 7.26. The number of hydrogen-bond acceptors (Lipinski definition) is 4. The fourth-order valence-electron chi connectivity index (χ4n) is 2.24. The number of benzene rings is 1. The van der Waals surface area contributed by atoms with Gasteiger partial charge in [-0.1, -0.05) is 12.1 Å². The maximum atomic E-state index is 12.1. The van der Waals surface area contributed by atoms with E-state index in [2.05, 4.69) is 12.2 Å². The van der Waals surface area contributed by atoms with Crippen molar-refractivity contribution in [3.05, 3.63) is 35.9 Å². The number of hydrogen-bond donors (Lipinski definition) is 2. The van der Waals surface area contributed by atoms with Crippen LogP contribution in [-0.2, 0) is 9.59 Å². The SMILES string of the molecule is CC1CN(C(=O)C=Cc2ccc(OCC(N)=O)cc2)CCN1. The number of piperazine rings is 1. The Balaban J connectivity index is 1.89. The summed E-state index contributed by atoms with van der Waals surface area (Å²) < 4.78 is 5.17. The predicted molar refractivity (Wildman–Crippen MR) is 84.2 cm³/mol. The molecule has 22 heavy (non-hydrogen) atoms. The van der Waals surface area contributed by atoms with Crippen LogP contribution in [0.2, 0.25) is 0 Å². The van der Waals surface area contributed by atoms with Gasteiger partial charge in [-0.05, 0) is 30.7 Å². The molecule has 2 rings (SSSR count). The average Bonchev–Trinajstić information content (AvgIpc) is 2.51. The Morgan fingerprint density at radius 2 is 2.14 bits per heavy atom. The van der Waals surface area contributed by atoms with Gasteiger partial charge in [-0.15, -0.1) is 0 Å². The van der Waals surface area contributed by atoms with Gasteiger partial charge in [-0.3, -0.25) is 9.59 Å². The van der Waals surface area contributed by atoms with Crippen LogP contribution in [0.15, 0.2) is 30.3 Å². The Hall–Kier alpha value is -2.34. The monoisotopic (exact) mass is 303 g/mol. The Bertz CT molecular complexity index is 554. The minimum atomic E-state index is -0.514. The van der Waals surface area contributed by atoms with Gasteiger partial charge in [-0.25, -0.2) is 0 Å². The Kier molecular flexibility index (Phi) is 5.55. The number of carbonyl (C=O) groups is 2. The quantitative estimate of drug-likeness (QED) is 0.770. The van der Waals surface area contributed by atoms with E-state index in [1.165, 1.54) is 0 Å². The molecule has 1 saturated heterocycles. The third-order valence-electron chi connectivity index (χ3n) is 3.36. The Morgan fingerprint density at radius 3 is 2.77 bits per heavy atom. The van der Waals surface area contributed by atoms with Crippen molar-refractivity contribution in [2.75, 3.05) is 26.2 Å². The maximum Gasteiger partial charge on any atom is 0.255 e. The van der Waals surface area contributed by atoms with E-state index in [1.54, 1.807) is 24.3 Å². The van der Waals surface area contributed by atoms with Crippen molar-refractivity contribution in [3.8, 4) is 5.75 Å². The molecule has 1 heterocycles. The molecule has 0 spiro atoms. The van der Waals surface area contributed by atoms with Crippen LogP contribution in [0, 0.1) is 0 Å². The van der Waals surface area contributed by atoms with Crippen molar-refractivity contribution < 1.29 is 14.3 Å². The minimum Gasteiger partial charge on any atom is -0.484 e. The zero-order valence-electron chi connectivity index (χ0n) is 12.6. The molecule has 1 aliphatic heterocycles. The van der Waals surface area contributed by atoms with E-state index in [0.717, 1.165) is 25.2 Å². The third kappa shape index (κ3) is 4.89. The second-order valence-electron chi connectivity index (χ2n) is 5.30. The van der Waals surface area contributed by atoms with Crippen molar-refractivity contribution in [1.29, 1.82) is 0 Å². The lowest BCUT2D eigenvalue weighted by molar-refractivity contribution is -0.127. The Morgan fingerprint density at radius 1 is 1.41 bits per heavy atom. The van der Waals surface area contributed by atoms with E-state index in [0.29, 0.717) is 11.8 Å². The first-order chi connectivity index (χ1) is 10.5. The number of rotatable bonds is 5. The van der Waals surface area contributed by atoms with Crippen molar-refractivity contribution in [3.63, 3.8) is 0 Å². The summed E-state index contributed by atoms with van der Waals surface area (Å²) >= 11 is 0. The van der Waals surface area contributed by atoms with Gasteiger partial charge in [0.1, 0.15) is 5.75 Å². The molecular weight excluding hydrogens is 282 g/mol. The number of ether oxygens (including phenoxy) is 1. The number of nitrogens with zero attached hydrogens (tertiary/aromatic N) is 1. The molecule has 0 bridgehead atoms. The van der Waals surface area contributed by atoms with Crippen LogP contribution < -0.4 is 15.8 Å². The lowest BCUT2D eigenvalue weighted by atomic mass is 10.2. The van der Waals surface area contributed by atoms with Gasteiger partial charge in [-0.2, -0.15) is 0 Å². The van der Waals surface area contributed by atoms with Crippen molar-refractivity contribution in [1.82, 2.24) is 10.2 Å². The van der Waals surface area contributed by atoms with Crippen LogP contribution in [0.1, 0.15) is 12.5 Å². The molecule has 2 amide bonds. The highest BCUT2D eigenvalue weighted by atomic mass is 16.5. The standard InChI is InChI=1S/C16H21N3O3/c1-12-10-19(9-8-18-12)16(21)7-4-13-2-5-14(6-3-13)22-11-15(17)20/h2-7,12,18H,8-11H2,1H3,(H2,17,20). The molecule has 1 unspecified atom stereocenters. The molecule has 0 saturated carbocycles. The second kappa shape index (κ2) is 7.61. The van der Waals surface area contributed by atoms with Gasteiger partial charge >= 0.3 is 0 Å². The summed E-state index contributed by atoms with van der Waals surface area (Å²) in [5.41, 5.74) is 5.90. The molecular formula is C16H21N3O3. The van der Waals surface area contributed by atoms with Crippen molar-refractivity contribution >= 4 is 17.9 Å². The lowest BCUT2D eigenvalue weighted by Gasteiger charge is -2.31. The zero-order valence-corrected chi connectivity index (χ0v) is 12.6. The molecule has 1 aromatic carbocycles. The average molecular weight is 303 g/mol. The summed E-state index contributed by atoms with van der Waals surface area (Å²) in [7, 11) is 0. The van der Waals surface area contributed by atoms with Gasteiger partial charge in [0.25, 0.3) is 5.91 Å². The molecule has 3 N–H and O–H groups in total. The molecule has 0 aromatic heterocycles. The second-order valence-corrected chi connectivity index (χ2v) is 5.30. The number of nitrogens with two attached hydrogens (primary N) is 1. The summed E-state index contributed by atoms with van der Waals surface area (Å²) in [6, 6.07) is 7.44. The summed E-state index contributed by atoms with van der Waals surface area (Å²) in [5, 5.41) is 3.30. The molecule has 1 aliphatic rings. The molecule has 6 heteroatoms. The zero-order chi connectivity index (χ0) is 15.9. The summed E-state index contributed by atoms with van der Waals surface area (Å²) in [4.78, 5) is 24.6. The van der Waals surface area contributed by atoms with E-state index in [1.807, 2.05) is 17.0 Å². The van der Waals surface area contributed by atoms with Gasteiger partial charge < -0.3 is 20.7 Å². The van der Waals surface area contributed by atoms with Crippen LogP contribution in [0.25, 0.3) is 6.08 Å². The molecule has 118 valence electrons. The lowest BCUT2D eigenvalue weighted by Crippen LogP contribution is -2.50. The predicted octanol–water partition coefficient (Wildman–Crippen LogP) is 0.384. The van der Waals surface area contributed by atoms with E-state index < -0.39 is 5.91 Å². The molecule has 1 atom stereocenters.